The van der Waals surface area contributed by atoms with Crippen molar-refractivity contribution in [3.8, 4) is 5.75 Å². The summed E-state index contributed by atoms with van der Waals surface area (Å²) < 4.78 is 46.0. The molecule has 0 spiro atoms. The number of fused-ring (bicyclic) bond motifs is 1. The van der Waals surface area contributed by atoms with Gasteiger partial charge in [-0.15, -0.1) is 0 Å². The number of carbonyl (C=O) groups is 1. The van der Waals surface area contributed by atoms with E-state index in [1.165, 1.54) is 6.07 Å². The third kappa shape index (κ3) is 6.09. The van der Waals surface area contributed by atoms with Crippen molar-refractivity contribution in [2.75, 3.05) is 18.5 Å². The van der Waals surface area contributed by atoms with Crippen molar-refractivity contribution in [3.63, 3.8) is 0 Å². The summed E-state index contributed by atoms with van der Waals surface area (Å²) in [6, 6.07) is 12.6. The number of rotatable bonds is 10. The average Bonchev–Trinajstić information content (AvgIpc) is 3.25. The highest BCUT2D eigenvalue weighted by Gasteiger charge is 2.34. The van der Waals surface area contributed by atoms with E-state index in [4.69, 9.17) is 16.3 Å². The van der Waals surface area contributed by atoms with Crippen molar-refractivity contribution in [1.82, 2.24) is 9.97 Å². The second kappa shape index (κ2) is 10.9. The number of pyridine rings is 1. The highest BCUT2D eigenvalue weighted by atomic mass is 35.5. The van der Waals surface area contributed by atoms with Gasteiger partial charge in [0.2, 0.25) is 0 Å². The number of hydrogen-bond donors (Lipinski definition) is 3. The van der Waals surface area contributed by atoms with Crippen LogP contribution in [0.3, 0.4) is 0 Å². The predicted molar refractivity (Wildman–Crippen MR) is 132 cm³/mol. The van der Waals surface area contributed by atoms with Gasteiger partial charge in [-0.3, -0.25) is 9.78 Å². The first-order chi connectivity index (χ1) is 17.2. The van der Waals surface area contributed by atoms with E-state index in [9.17, 15) is 23.1 Å². The van der Waals surface area contributed by atoms with Crippen molar-refractivity contribution in [2.24, 2.45) is 0 Å². The van der Waals surface area contributed by atoms with Gasteiger partial charge in [-0.2, -0.15) is 13.2 Å². The fraction of sp³-hybridized carbons (Fsp3) is 0.231. The van der Waals surface area contributed by atoms with Crippen LogP contribution in [0.2, 0.25) is 5.02 Å². The maximum absolute atomic E-state index is 13.4. The maximum Gasteiger partial charge on any atom is 0.417 e. The minimum atomic E-state index is -4.65. The Bertz CT molecular complexity index is 1340. The van der Waals surface area contributed by atoms with Gasteiger partial charge in [-0.1, -0.05) is 17.7 Å². The fourth-order valence-corrected chi connectivity index (χ4v) is 4.25. The van der Waals surface area contributed by atoms with E-state index in [0.717, 1.165) is 24.2 Å². The molecule has 0 radical (unpaired) electrons. The Labute approximate surface area is 210 Å². The zero-order chi connectivity index (χ0) is 25.7. The van der Waals surface area contributed by atoms with Crippen LogP contribution in [-0.2, 0) is 11.0 Å². The topological polar surface area (TPSA) is 87.2 Å². The molecule has 0 aliphatic rings. The molecule has 2 heterocycles. The Morgan fingerprint density at radius 1 is 1.19 bits per heavy atom. The molecule has 188 valence electrons. The first-order valence-electron chi connectivity index (χ1n) is 11.2. The zero-order valence-corrected chi connectivity index (χ0v) is 19.7. The number of aromatic amines is 1. The quantitative estimate of drug-likeness (QED) is 0.203. The van der Waals surface area contributed by atoms with Crippen LogP contribution >= 0.6 is 11.6 Å². The van der Waals surface area contributed by atoms with Crippen molar-refractivity contribution < 1.29 is 27.8 Å². The highest BCUT2D eigenvalue weighted by molar-refractivity contribution is 6.31. The number of benzene rings is 2. The molecule has 3 N–H and O–H groups in total. The van der Waals surface area contributed by atoms with Gasteiger partial charge in [0.25, 0.3) is 0 Å². The Kier molecular flexibility index (Phi) is 7.69. The number of halogens is 4. The summed E-state index contributed by atoms with van der Waals surface area (Å²) in [5, 5.41) is 13.0. The smallest absolute Gasteiger partial charge is 0.417 e. The number of ether oxygens (including phenoxy) is 1. The summed E-state index contributed by atoms with van der Waals surface area (Å²) in [6.07, 6.45) is 0.789. The van der Waals surface area contributed by atoms with Gasteiger partial charge in [-0.05, 0) is 53.9 Å². The molecule has 1 atom stereocenters. The molecule has 6 nitrogen and oxygen atoms in total. The normalized spacial score (nSPS) is 12.4. The average molecular weight is 518 g/mol. The van der Waals surface area contributed by atoms with Crippen LogP contribution in [0, 0.1) is 0 Å². The van der Waals surface area contributed by atoms with Crippen molar-refractivity contribution in [3.05, 3.63) is 88.8 Å². The first-order valence-corrected chi connectivity index (χ1v) is 11.6. The molecular weight excluding hydrogens is 495 g/mol. The minimum absolute atomic E-state index is 0.219. The molecule has 4 aromatic rings. The molecule has 1 unspecified atom stereocenters. The summed E-state index contributed by atoms with van der Waals surface area (Å²) >= 11 is 5.76. The summed E-state index contributed by atoms with van der Waals surface area (Å²) in [4.78, 5) is 18.7. The molecule has 2 aromatic heterocycles. The van der Waals surface area contributed by atoms with Gasteiger partial charge in [0.05, 0.1) is 29.3 Å². The van der Waals surface area contributed by atoms with Crippen LogP contribution in [0.25, 0.3) is 10.9 Å². The molecular formula is C26H23ClF3N3O3. The number of carboxylic acids is 1. The lowest BCUT2D eigenvalue weighted by Crippen LogP contribution is -2.11. The second-order valence-electron chi connectivity index (χ2n) is 8.21. The molecule has 10 heteroatoms. The summed E-state index contributed by atoms with van der Waals surface area (Å²) in [6.45, 7) is 1.18. The molecule has 0 fully saturated rings. The van der Waals surface area contributed by atoms with E-state index in [0.29, 0.717) is 35.4 Å². The van der Waals surface area contributed by atoms with Crippen LogP contribution < -0.4 is 10.1 Å². The van der Waals surface area contributed by atoms with Gasteiger partial charge in [0.1, 0.15) is 5.75 Å². The predicted octanol–water partition coefficient (Wildman–Crippen LogP) is 6.72. The van der Waals surface area contributed by atoms with Crippen LogP contribution in [0.5, 0.6) is 5.75 Å². The number of aliphatic carboxylic acids is 1. The van der Waals surface area contributed by atoms with Crippen LogP contribution in [0.1, 0.15) is 35.4 Å². The molecule has 4 rings (SSSR count). The zero-order valence-electron chi connectivity index (χ0n) is 19.0. The molecule has 36 heavy (non-hydrogen) atoms. The van der Waals surface area contributed by atoms with E-state index in [1.807, 2.05) is 12.1 Å². The third-order valence-corrected chi connectivity index (χ3v) is 6.05. The minimum Gasteiger partial charge on any atom is -0.493 e. The number of aromatic nitrogens is 2. The van der Waals surface area contributed by atoms with Gasteiger partial charge in [0, 0.05) is 48.0 Å². The fourth-order valence-electron chi connectivity index (χ4n) is 4.03. The number of nitrogens with one attached hydrogen (secondary N) is 2. The van der Waals surface area contributed by atoms with Crippen molar-refractivity contribution >= 4 is 34.2 Å². The summed E-state index contributed by atoms with van der Waals surface area (Å²) in [5.41, 5.74) is 1.42. The van der Waals surface area contributed by atoms with Crippen LogP contribution in [-0.4, -0.2) is 34.2 Å². The van der Waals surface area contributed by atoms with E-state index in [1.54, 1.807) is 36.8 Å². The maximum atomic E-state index is 13.4. The number of hydrogen-bond acceptors (Lipinski definition) is 4. The SMILES string of the molecule is O=C(O)CC(c1ccc(Cl)c(C(F)(F)F)c1)c1c[nH]c2cc(OCCCNc3cccnc3)ccc12. The Hall–Kier alpha value is -3.72. The molecule has 0 bridgehead atoms. The Morgan fingerprint density at radius 3 is 2.75 bits per heavy atom. The lowest BCUT2D eigenvalue weighted by molar-refractivity contribution is -0.137. The molecule has 0 saturated heterocycles. The number of carboxylic acid groups (broad SMARTS) is 1. The number of anilines is 1. The summed E-state index contributed by atoms with van der Waals surface area (Å²) in [5.74, 6) is -1.31. The molecule has 0 aliphatic carbocycles. The van der Waals surface area contributed by atoms with E-state index >= 15 is 0 Å². The monoisotopic (exact) mass is 517 g/mol. The van der Waals surface area contributed by atoms with E-state index in [-0.39, 0.29) is 12.0 Å². The lowest BCUT2D eigenvalue weighted by Gasteiger charge is -2.18. The van der Waals surface area contributed by atoms with Crippen molar-refractivity contribution in [1.29, 1.82) is 0 Å². The molecule has 0 amide bonds. The first kappa shape index (κ1) is 25.4. The lowest BCUT2D eigenvalue weighted by atomic mass is 9.87. The Morgan fingerprint density at radius 2 is 2.03 bits per heavy atom. The van der Waals surface area contributed by atoms with Gasteiger partial charge in [0.15, 0.2) is 0 Å². The van der Waals surface area contributed by atoms with Gasteiger partial charge >= 0.3 is 12.1 Å². The van der Waals surface area contributed by atoms with Gasteiger partial charge in [-0.25, -0.2) is 0 Å². The van der Waals surface area contributed by atoms with E-state index < -0.39 is 28.6 Å². The number of H-pyrrole nitrogens is 1. The number of nitrogens with zero attached hydrogens (tertiary/aromatic N) is 1. The van der Waals surface area contributed by atoms with Crippen molar-refractivity contribution in [2.45, 2.75) is 24.9 Å². The second-order valence-corrected chi connectivity index (χ2v) is 8.62. The molecule has 2 aromatic carbocycles. The van der Waals surface area contributed by atoms with E-state index in [2.05, 4.69) is 15.3 Å². The Balaban J connectivity index is 1.50. The molecule has 0 aliphatic heterocycles. The van der Waals surface area contributed by atoms with Crippen LogP contribution in [0.4, 0.5) is 18.9 Å². The highest BCUT2D eigenvalue weighted by Crippen LogP contribution is 2.40. The largest absolute Gasteiger partial charge is 0.493 e. The van der Waals surface area contributed by atoms with Crippen LogP contribution in [0.15, 0.2) is 67.1 Å². The summed E-state index contributed by atoms with van der Waals surface area (Å²) in [7, 11) is 0. The van der Waals surface area contributed by atoms with Gasteiger partial charge < -0.3 is 20.1 Å². The third-order valence-electron chi connectivity index (χ3n) is 5.72. The standard InChI is InChI=1S/C26H23ClF3N3O3/c27-23-7-4-16(11-22(23)26(28,29)30)20(13-25(34)35)21-15-33-24-12-18(5-6-19(21)24)36-10-2-9-32-17-3-1-8-31-14-17/h1,3-8,11-12,14-15,20,32-33H,2,9-10,13H2,(H,34,35). The molecule has 0 saturated carbocycles. The number of alkyl halides is 3.